The lowest BCUT2D eigenvalue weighted by atomic mass is 10.1. The van der Waals surface area contributed by atoms with Gasteiger partial charge in [-0.05, 0) is 12.5 Å². The van der Waals surface area contributed by atoms with Gasteiger partial charge in [0, 0.05) is 17.5 Å². The zero-order valence-corrected chi connectivity index (χ0v) is 11.4. The Morgan fingerprint density at radius 3 is 2.90 bits per heavy atom. The van der Waals surface area contributed by atoms with Crippen LogP contribution in [0.25, 0.3) is 0 Å². The number of nitro benzene ring substituents is 1. The summed E-state index contributed by atoms with van der Waals surface area (Å²) >= 11 is 1.18. The summed E-state index contributed by atoms with van der Waals surface area (Å²) < 4.78 is 0. The zero-order valence-electron chi connectivity index (χ0n) is 10.6. The van der Waals surface area contributed by atoms with Gasteiger partial charge in [-0.1, -0.05) is 12.1 Å². The van der Waals surface area contributed by atoms with Gasteiger partial charge in [-0.3, -0.25) is 14.9 Å². The summed E-state index contributed by atoms with van der Waals surface area (Å²) in [4.78, 5) is 26.0. The summed E-state index contributed by atoms with van der Waals surface area (Å²) in [6.07, 6.45) is 0. The minimum atomic E-state index is -0.473. The molecule has 1 aromatic carbocycles. The average Bonchev–Trinajstić information content (AvgIpc) is 2.85. The van der Waals surface area contributed by atoms with E-state index in [-0.39, 0.29) is 23.3 Å². The first-order valence-corrected chi connectivity index (χ1v) is 6.61. The molecule has 1 amide bonds. The smallest absolute Gasteiger partial charge is 0.271 e. The number of rotatable bonds is 4. The summed E-state index contributed by atoms with van der Waals surface area (Å²) in [5.41, 5.74) is 6.34. The van der Waals surface area contributed by atoms with Crippen molar-refractivity contribution in [2.75, 3.05) is 5.73 Å². The Labute approximate surface area is 118 Å². The number of hydrogen-bond donors (Lipinski definition) is 2. The highest BCUT2D eigenvalue weighted by molar-refractivity contribution is 7.13. The van der Waals surface area contributed by atoms with Gasteiger partial charge in [-0.25, -0.2) is 4.98 Å². The number of carbonyl (C=O) groups is 1. The Morgan fingerprint density at radius 1 is 1.55 bits per heavy atom. The van der Waals surface area contributed by atoms with Crippen LogP contribution in [0, 0.1) is 10.1 Å². The summed E-state index contributed by atoms with van der Waals surface area (Å²) in [6.45, 7) is 1.74. The summed E-state index contributed by atoms with van der Waals surface area (Å²) in [6, 6.07) is 5.76. The van der Waals surface area contributed by atoms with Gasteiger partial charge in [-0.15, -0.1) is 11.3 Å². The largest absolute Gasteiger partial charge is 0.375 e. The third-order valence-electron chi connectivity index (χ3n) is 2.68. The van der Waals surface area contributed by atoms with E-state index in [2.05, 4.69) is 10.3 Å². The predicted molar refractivity (Wildman–Crippen MR) is 75.5 cm³/mol. The maximum absolute atomic E-state index is 11.9. The molecule has 0 radical (unpaired) electrons. The summed E-state index contributed by atoms with van der Waals surface area (Å²) in [5.74, 6) is -0.364. The zero-order chi connectivity index (χ0) is 14.7. The normalized spacial score (nSPS) is 11.8. The molecule has 0 fully saturated rings. The molecule has 0 aliphatic carbocycles. The highest BCUT2D eigenvalue weighted by atomic mass is 32.1. The molecule has 1 heterocycles. The predicted octanol–water partition coefficient (Wildman–Crippen LogP) is 2.12. The van der Waals surface area contributed by atoms with Crippen molar-refractivity contribution in [3.63, 3.8) is 0 Å². The molecule has 0 aliphatic rings. The first-order valence-electron chi connectivity index (χ1n) is 5.73. The number of nitrogen functional groups attached to an aromatic ring is 1. The Bertz CT molecular complexity index is 656. The van der Waals surface area contributed by atoms with E-state index in [0.717, 1.165) is 0 Å². The van der Waals surface area contributed by atoms with Crippen LogP contribution in [0.15, 0.2) is 29.6 Å². The molecular formula is C12H12N4O3S. The van der Waals surface area contributed by atoms with Crippen molar-refractivity contribution in [3.05, 3.63) is 51.0 Å². The van der Waals surface area contributed by atoms with Gasteiger partial charge >= 0.3 is 0 Å². The lowest BCUT2D eigenvalue weighted by Crippen LogP contribution is -2.26. The molecule has 1 aromatic heterocycles. The second-order valence-electron chi connectivity index (χ2n) is 4.12. The maximum atomic E-state index is 11.9. The number of nitro groups is 1. The van der Waals surface area contributed by atoms with Crippen LogP contribution in [0.5, 0.6) is 0 Å². The number of aromatic nitrogens is 1. The van der Waals surface area contributed by atoms with Crippen molar-refractivity contribution in [1.82, 2.24) is 10.3 Å². The SMILES string of the molecule is CC(NC(=O)c1csc(N)n1)c1cccc([N+](=O)[O-])c1. The molecule has 7 nitrogen and oxygen atoms in total. The van der Waals surface area contributed by atoms with E-state index in [4.69, 9.17) is 5.73 Å². The van der Waals surface area contributed by atoms with Gasteiger partial charge in [0.15, 0.2) is 5.13 Å². The van der Waals surface area contributed by atoms with Gasteiger partial charge in [0.1, 0.15) is 5.69 Å². The summed E-state index contributed by atoms with van der Waals surface area (Å²) in [7, 11) is 0. The van der Waals surface area contributed by atoms with Crippen LogP contribution < -0.4 is 11.1 Å². The molecular weight excluding hydrogens is 280 g/mol. The van der Waals surface area contributed by atoms with E-state index in [0.29, 0.717) is 10.7 Å². The first-order chi connectivity index (χ1) is 9.47. The number of benzene rings is 1. The quantitative estimate of drug-likeness (QED) is 0.662. The minimum Gasteiger partial charge on any atom is -0.375 e. The molecule has 0 saturated heterocycles. The lowest BCUT2D eigenvalue weighted by molar-refractivity contribution is -0.384. The van der Waals surface area contributed by atoms with Gasteiger partial charge in [-0.2, -0.15) is 0 Å². The molecule has 1 atom stereocenters. The van der Waals surface area contributed by atoms with E-state index in [1.807, 2.05) is 0 Å². The number of carbonyl (C=O) groups excluding carboxylic acids is 1. The molecule has 20 heavy (non-hydrogen) atoms. The molecule has 1 unspecified atom stereocenters. The Morgan fingerprint density at radius 2 is 2.30 bits per heavy atom. The average molecular weight is 292 g/mol. The molecule has 0 bridgehead atoms. The highest BCUT2D eigenvalue weighted by Gasteiger charge is 2.15. The third-order valence-corrected chi connectivity index (χ3v) is 3.36. The summed E-state index contributed by atoms with van der Waals surface area (Å²) in [5, 5.41) is 15.3. The van der Waals surface area contributed by atoms with E-state index < -0.39 is 4.92 Å². The molecule has 8 heteroatoms. The molecule has 104 valence electrons. The fourth-order valence-corrected chi connectivity index (χ4v) is 2.20. The molecule has 2 rings (SSSR count). The van der Waals surface area contributed by atoms with Crippen molar-refractivity contribution in [2.24, 2.45) is 0 Å². The monoisotopic (exact) mass is 292 g/mol. The fraction of sp³-hybridized carbons (Fsp3) is 0.167. The van der Waals surface area contributed by atoms with Crippen LogP contribution in [-0.4, -0.2) is 15.8 Å². The number of thiazole rings is 1. The van der Waals surface area contributed by atoms with E-state index >= 15 is 0 Å². The third kappa shape index (κ3) is 3.09. The first kappa shape index (κ1) is 13.9. The number of nitrogens with one attached hydrogen (secondary N) is 1. The van der Waals surface area contributed by atoms with Crippen LogP contribution in [0.4, 0.5) is 10.8 Å². The van der Waals surface area contributed by atoms with Gasteiger partial charge in [0.2, 0.25) is 0 Å². The molecule has 0 aliphatic heterocycles. The standard InChI is InChI=1S/C12H12N4O3S/c1-7(8-3-2-4-9(5-8)16(18)19)14-11(17)10-6-20-12(13)15-10/h2-7H,1H3,(H2,13,15)(H,14,17). The van der Waals surface area contributed by atoms with Crippen LogP contribution in [0.3, 0.4) is 0 Å². The molecule has 3 N–H and O–H groups in total. The number of hydrogen-bond acceptors (Lipinski definition) is 6. The molecule has 0 saturated carbocycles. The number of nitrogens with zero attached hydrogens (tertiary/aromatic N) is 2. The van der Waals surface area contributed by atoms with Gasteiger partial charge < -0.3 is 11.1 Å². The van der Waals surface area contributed by atoms with Crippen LogP contribution >= 0.6 is 11.3 Å². The second kappa shape index (κ2) is 5.66. The second-order valence-corrected chi connectivity index (χ2v) is 5.01. The number of anilines is 1. The lowest BCUT2D eigenvalue weighted by Gasteiger charge is -2.13. The maximum Gasteiger partial charge on any atom is 0.271 e. The van der Waals surface area contributed by atoms with Crippen LogP contribution in [0.2, 0.25) is 0 Å². The van der Waals surface area contributed by atoms with E-state index in [1.54, 1.807) is 24.4 Å². The number of non-ortho nitro benzene ring substituents is 1. The fourth-order valence-electron chi connectivity index (χ4n) is 1.65. The Balaban J connectivity index is 2.12. The number of nitrogens with two attached hydrogens (primary N) is 1. The Kier molecular flexibility index (Phi) is 3.94. The van der Waals surface area contributed by atoms with Crippen molar-refractivity contribution < 1.29 is 9.72 Å². The van der Waals surface area contributed by atoms with Crippen molar-refractivity contribution in [2.45, 2.75) is 13.0 Å². The van der Waals surface area contributed by atoms with Crippen molar-refractivity contribution in [3.8, 4) is 0 Å². The van der Waals surface area contributed by atoms with E-state index in [1.165, 1.54) is 23.5 Å². The van der Waals surface area contributed by atoms with Crippen LogP contribution in [0.1, 0.15) is 29.0 Å². The topological polar surface area (TPSA) is 111 Å². The minimum absolute atomic E-state index is 0.0125. The van der Waals surface area contributed by atoms with E-state index in [9.17, 15) is 14.9 Å². The molecule has 2 aromatic rings. The van der Waals surface area contributed by atoms with Gasteiger partial charge in [0.05, 0.1) is 11.0 Å². The van der Waals surface area contributed by atoms with Crippen molar-refractivity contribution >= 4 is 28.1 Å². The van der Waals surface area contributed by atoms with Crippen LogP contribution in [-0.2, 0) is 0 Å². The Hall–Kier alpha value is -2.48. The van der Waals surface area contributed by atoms with Crippen molar-refractivity contribution in [1.29, 1.82) is 0 Å². The van der Waals surface area contributed by atoms with Gasteiger partial charge in [0.25, 0.3) is 11.6 Å². The molecule has 0 spiro atoms. The highest BCUT2D eigenvalue weighted by Crippen LogP contribution is 2.19. The number of amides is 1.